The van der Waals surface area contributed by atoms with Crippen LogP contribution in [0.2, 0.25) is 0 Å². The van der Waals surface area contributed by atoms with Crippen molar-refractivity contribution in [2.24, 2.45) is 23.2 Å². The van der Waals surface area contributed by atoms with Crippen molar-refractivity contribution in [2.75, 3.05) is 0 Å². The summed E-state index contributed by atoms with van der Waals surface area (Å²) in [5, 5.41) is 2.93. The monoisotopic (exact) mass is 758 g/mol. The van der Waals surface area contributed by atoms with Crippen LogP contribution in [0.25, 0.3) is 21.9 Å². The molecule has 1 saturated carbocycles. The van der Waals surface area contributed by atoms with Crippen LogP contribution in [0.4, 0.5) is 0 Å². The Morgan fingerprint density at radius 2 is 1.42 bits per heavy atom. The summed E-state index contributed by atoms with van der Waals surface area (Å²) in [6.07, 6.45) is 15.0. The van der Waals surface area contributed by atoms with Crippen LogP contribution in [-0.4, -0.2) is 3.21 Å². The van der Waals surface area contributed by atoms with Crippen molar-refractivity contribution < 1.29 is 49.0 Å². The van der Waals surface area contributed by atoms with Gasteiger partial charge in [-0.1, -0.05) is 133 Å². The average molecular weight is 761 g/mol. The van der Waals surface area contributed by atoms with E-state index in [1.807, 2.05) is 0 Å². The Kier molecular flexibility index (Phi) is 13.9. The molecule has 0 N–H and O–H groups in total. The summed E-state index contributed by atoms with van der Waals surface area (Å²) in [4.78, 5) is 0. The van der Waals surface area contributed by atoms with Gasteiger partial charge in [0.1, 0.15) is 0 Å². The Morgan fingerprint density at radius 1 is 0.812 bits per heavy atom. The van der Waals surface area contributed by atoms with E-state index in [-0.39, 0.29) is 24.8 Å². The summed E-state index contributed by atoms with van der Waals surface area (Å²) in [5.41, 5.74) is 15.4. The SMILES string of the molecule is CC1[C-]=CC(C(C)(C)C)=C1.Cc1cc2c(c(C)c1C)C(C)c1c3c(c4ccccc4c1-2)C(C)C(C)C(C)[C-]3C.[Cl-].[Cl-].[Zr+2]=[C]1CCCCC1. The van der Waals surface area contributed by atoms with Gasteiger partial charge in [0.25, 0.3) is 0 Å². The summed E-state index contributed by atoms with van der Waals surface area (Å²) >= 11 is 1.69. The molecule has 7 rings (SSSR count). The number of halogens is 2. The van der Waals surface area contributed by atoms with Gasteiger partial charge in [0.05, 0.1) is 0 Å². The summed E-state index contributed by atoms with van der Waals surface area (Å²) in [5.74, 6) is 4.46. The van der Waals surface area contributed by atoms with Crippen LogP contribution in [0.1, 0.15) is 145 Å². The van der Waals surface area contributed by atoms with Gasteiger partial charge in [-0.3, -0.25) is 6.08 Å². The Labute approximate surface area is 321 Å². The summed E-state index contributed by atoms with van der Waals surface area (Å²) in [7, 11) is 0. The standard InChI is InChI=1S/C29H33.C10H15.C6H10.2ClH.Zr/c1-14-13-24-25(18(5)15(14)2)21(8)28-27-20(7)17(4)16(3)19(6)26(27)22-11-9-10-12-23(22)29(24)28;1-8-5-6-9(7-8)10(2,3)4;1-2-4-6-5-3-1;;;/h9-13,16-17,19,21H,1-8H3;6-8H,1-4H3;1-5H2;2*1H;/q2*-1;;;;+2/p-2. The predicted molar refractivity (Wildman–Crippen MR) is 198 cm³/mol. The maximum atomic E-state index is 3.26. The first-order valence-electron chi connectivity index (χ1n) is 18.1. The van der Waals surface area contributed by atoms with Gasteiger partial charge in [0.2, 0.25) is 0 Å². The van der Waals surface area contributed by atoms with E-state index in [1.165, 1.54) is 76.3 Å². The van der Waals surface area contributed by atoms with Gasteiger partial charge < -0.3 is 24.8 Å². The number of allylic oxidation sites excluding steroid dienone is 4. The van der Waals surface area contributed by atoms with Crippen molar-refractivity contribution in [3.8, 4) is 11.1 Å². The quantitative estimate of drug-likeness (QED) is 0.220. The van der Waals surface area contributed by atoms with Crippen LogP contribution in [0.5, 0.6) is 0 Å². The zero-order valence-electron chi connectivity index (χ0n) is 31.7. The predicted octanol–water partition coefficient (Wildman–Crippen LogP) is 6.87. The molecule has 48 heavy (non-hydrogen) atoms. The zero-order chi connectivity index (χ0) is 33.7. The molecule has 0 amide bonds. The van der Waals surface area contributed by atoms with Gasteiger partial charge >= 0.3 is 59.5 Å². The number of hydrogen-bond donors (Lipinski definition) is 0. The first-order chi connectivity index (χ1) is 21.6. The Balaban J connectivity index is 0.000000271. The van der Waals surface area contributed by atoms with Gasteiger partial charge in [-0.05, 0) is 59.9 Å². The van der Waals surface area contributed by atoms with E-state index < -0.39 is 0 Å². The molecule has 1 fully saturated rings. The molecule has 4 aliphatic carbocycles. The van der Waals surface area contributed by atoms with Gasteiger partial charge in [0, 0.05) is 0 Å². The van der Waals surface area contributed by atoms with Gasteiger partial charge in [-0.25, -0.2) is 6.08 Å². The molecule has 3 aromatic carbocycles. The topological polar surface area (TPSA) is 0 Å². The van der Waals surface area contributed by atoms with Crippen molar-refractivity contribution >= 4 is 14.0 Å². The van der Waals surface area contributed by atoms with Gasteiger partial charge in [-0.2, -0.15) is 23.1 Å². The Bertz CT molecular complexity index is 1690. The fraction of sp³-hybridized carbons (Fsp3) is 0.511. The molecular formula is C45H58Cl2Zr-2. The first kappa shape index (κ1) is 41.0. The molecule has 258 valence electrons. The van der Waals surface area contributed by atoms with Crippen molar-refractivity contribution in [2.45, 2.75) is 127 Å². The van der Waals surface area contributed by atoms with E-state index in [1.54, 1.807) is 55.6 Å². The molecule has 3 aromatic rings. The molecule has 0 spiro atoms. The second-order valence-corrected chi connectivity index (χ2v) is 17.7. The normalized spacial score (nSPS) is 23.8. The van der Waals surface area contributed by atoms with Crippen LogP contribution in [-0.2, 0) is 24.2 Å². The van der Waals surface area contributed by atoms with Crippen molar-refractivity contribution in [3.63, 3.8) is 0 Å². The number of fused-ring (bicyclic) bond motifs is 8. The molecule has 0 radical (unpaired) electrons. The van der Waals surface area contributed by atoms with Crippen molar-refractivity contribution in [3.05, 3.63) is 99.0 Å². The van der Waals surface area contributed by atoms with E-state index >= 15 is 0 Å². The number of benzene rings is 3. The number of aryl methyl sites for hydroxylation is 1. The third-order valence-corrected chi connectivity index (χ3v) is 13.2. The van der Waals surface area contributed by atoms with Crippen molar-refractivity contribution in [1.29, 1.82) is 0 Å². The minimum absolute atomic E-state index is 0. The molecule has 0 heterocycles. The minimum atomic E-state index is 0. The molecule has 0 aromatic heterocycles. The van der Waals surface area contributed by atoms with Crippen molar-refractivity contribution in [1.82, 2.24) is 0 Å². The third-order valence-electron chi connectivity index (χ3n) is 12.0. The van der Waals surface area contributed by atoms with Crippen LogP contribution in [0.3, 0.4) is 0 Å². The summed E-state index contributed by atoms with van der Waals surface area (Å²) in [6, 6.07) is 11.7. The molecular weight excluding hydrogens is 703 g/mol. The summed E-state index contributed by atoms with van der Waals surface area (Å²) in [6.45, 7) is 27.9. The van der Waals surface area contributed by atoms with E-state index in [9.17, 15) is 0 Å². The summed E-state index contributed by atoms with van der Waals surface area (Å²) < 4.78 is 1.80. The van der Waals surface area contributed by atoms with Gasteiger partial charge in [-0.15, -0.1) is 11.1 Å². The van der Waals surface area contributed by atoms with Gasteiger partial charge in [0.15, 0.2) is 0 Å². The van der Waals surface area contributed by atoms with E-state index in [4.69, 9.17) is 0 Å². The second-order valence-electron chi connectivity index (χ2n) is 16.0. The van der Waals surface area contributed by atoms with Crippen LogP contribution < -0.4 is 24.8 Å². The maximum absolute atomic E-state index is 3.26. The molecule has 3 heteroatoms. The number of hydrogen-bond acceptors (Lipinski definition) is 0. The van der Waals surface area contributed by atoms with Crippen LogP contribution >= 0.6 is 0 Å². The van der Waals surface area contributed by atoms with E-state index in [0.717, 1.165) is 0 Å². The molecule has 5 atom stereocenters. The fourth-order valence-electron chi connectivity index (χ4n) is 8.47. The van der Waals surface area contributed by atoms with Crippen LogP contribution in [0.15, 0.2) is 48.1 Å². The molecule has 0 nitrogen and oxygen atoms in total. The van der Waals surface area contributed by atoms with E-state index in [0.29, 0.717) is 35.0 Å². The molecule has 0 bridgehead atoms. The number of rotatable bonds is 0. The molecule has 5 unspecified atom stereocenters. The molecule has 0 aliphatic heterocycles. The van der Waals surface area contributed by atoms with Crippen LogP contribution in [0, 0.1) is 55.9 Å². The van der Waals surface area contributed by atoms with E-state index in [2.05, 4.69) is 132 Å². The Morgan fingerprint density at radius 3 is 1.92 bits per heavy atom. The first-order valence-corrected chi connectivity index (χ1v) is 19.3. The zero-order valence-corrected chi connectivity index (χ0v) is 35.7. The average Bonchev–Trinajstić information content (AvgIpc) is 3.59. The third kappa shape index (κ3) is 7.75. The second kappa shape index (κ2) is 16.3. The molecule has 4 aliphatic rings. The Hall–Kier alpha value is -1.40. The fourth-order valence-corrected chi connectivity index (χ4v) is 9.34. The molecule has 0 saturated heterocycles.